The second-order valence-corrected chi connectivity index (χ2v) is 17.7. The van der Waals surface area contributed by atoms with E-state index < -0.39 is 17.7 Å². The number of benzene rings is 4. The van der Waals surface area contributed by atoms with Gasteiger partial charge in [-0.2, -0.15) is 0 Å². The summed E-state index contributed by atoms with van der Waals surface area (Å²) in [7, 11) is 3.00. The Morgan fingerprint density at radius 1 is 0.828 bits per heavy atom. The Balaban J connectivity index is 0.991. The lowest BCUT2D eigenvalue weighted by atomic mass is 9.98. The molecule has 4 heterocycles. The second-order valence-electron chi connectivity index (χ2n) is 17.7. The van der Waals surface area contributed by atoms with Gasteiger partial charge in [-0.1, -0.05) is 50.2 Å². The average Bonchev–Trinajstić information content (AvgIpc) is 3.62. The molecule has 6 atom stereocenters. The maximum absolute atomic E-state index is 14.0. The van der Waals surface area contributed by atoms with E-state index in [1.54, 1.807) is 12.0 Å². The molecule has 302 valence electrons. The maximum atomic E-state index is 14.0. The molecule has 3 fully saturated rings. The Morgan fingerprint density at radius 2 is 1.43 bits per heavy atom. The fourth-order valence-electron chi connectivity index (χ4n) is 9.27. The molecule has 3 aliphatic rings. The summed E-state index contributed by atoms with van der Waals surface area (Å²) in [5.41, 5.74) is 5.16. The van der Waals surface area contributed by atoms with E-state index in [0.29, 0.717) is 19.1 Å². The van der Waals surface area contributed by atoms with E-state index in [2.05, 4.69) is 63.8 Å². The van der Waals surface area contributed by atoms with E-state index in [4.69, 9.17) is 24.2 Å². The third-order valence-corrected chi connectivity index (χ3v) is 12.1. The predicted octanol–water partition coefficient (Wildman–Crippen LogP) is 8.40. The van der Waals surface area contributed by atoms with Crippen LogP contribution in [0.3, 0.4) is 0 Å². The van der Waals surface area contributed by atoms with Gasteiger partial charge in [-0.25, -0.2) is 19.6 Å². The number of nitrogens with zero attached hydrogens (tertiary/aromatic N) is 4. The SMILES string of the molecule is COCC1CC(c2nc3ccc4cc(-c5ccc6c(ccc7nc([C@@H]8CC9C[C@H]9N8C(=O)[C@@H](NC(=O)OC)C(C)C)[nH]c76)c5)ccc4c3[nH]2)N(C(=O)OC(C)(C)C)C1. The Kier molecular flexibility index (Phi) is 9.33. The number of imidazole rings is 2. The zero-order valence-electron chi connectivity index (χ0n) is 34.1. The van der Waals surface area contributed by atoms with Gasteiger partial charge in [0, 0.05) is 36.4 Å². The summed E-state index contributed by atoms with van der Waals surface area (Å²) in [5, 5.41) is 7.03. The van der Waals surface area contributed by atoms with E-state index in [0.717, 1.165) is 85.6 Å². The summed E-state index contributed by atoms with van der Waals surface area (Å²) in [6, 6.07) is 20.3. The van der Waals surface area contributed by atoms with Crippen LogP contribution in [0, 0.1) is 17.8 Å². The van der Waals surface area contributed by atoms with Crippen LogP contribution in [0.2, 0.25) is 0 Å². The molecule has 1 saturated carbocycles. The van der Waals surface area contributed by atoms with Crippen molar-refractivity contribution in [2.24, 2.45) is 17.8 Å². The minimum absolute atomic E-state index is 0.0933. The van der Waals surface area contributed by atoms with E-state index in [-0.39, 0.29) is 42.0 Å². The predicted molar refractivity (Wildman–Crippen MR) is 222 cm³/mol. The lowest BCUT2D eigenvalue weighted by molar-refractivity contribution is -0.136. The van der Waals surface area contributed by atoms with Crippen LogP contribution in [0.25, 0.3) is 54.7 Å². The molecular weight excluding hydrogens is 735 g/mol. The fraction of sp³-hybridized carbons (Fsp3) is 0.444. The normalized spacial score (nSPS) is 22.3. The first kappa shape index (κ1) is 37.9. The summed E-state index contributed by atoms with van der Waals surface area (Å²) in [6.45, 7) is 10.6. The first-order valence-corrected chi connectivity index (χ1v) is 20.3. The molecule has 6 aromatic rings. The topological polar surface area (TPSA) is 155 Å². The number of likely N-dealkylation sites (tertiary alicyclic amines) is 2. The zero-order chi connectivity index (χ0) is 40.6. The summed E-state index contributed by atoms with van der Waals surface area (Å²) in [6.07, 6.45) is 1.60. The number of aromatic nitrogens is 4. The van der Waals surface area contributed by atoms with Crippen molar-refractivity contribution in [1.82, 2.24) is 35.1 Å². The molecule has 2 aromatic heterocycles. The van der Waals surface area contributed by atoms with Gasteiger partial charge >= 0.3 is 12.2 Å². The molecule has 9 rings (SSSR count). The molecular formula is C45H51N7O6. The van der Waals surface area contributed by atoms with Gasteiger partial charge in [0.15, 0.2) is 0 Å². The number of hydrogen-bond acceptors (Lipinski definition) is 8. The lowest BCUT2D eigenvalue weighted by Gasteiger charge is -2.31. The molecule has 2 saturated heterocycles. The van der Waals surface area contributed by atoms with Gasteiger partial charge in [-0.3, -0.25) is 9.69 Å². The highest BCUT2D eigenvalue weighted by Gasteiger charge is 2.56. The molecule has 1 aliphatic carbocycles. The van der Waals surface area contributed by atoms with E-state index in [1.165, 1.54) is 7.11 Å². The van der Waals surface area contributed by atoms with Crippen molar-refractivity contribution in [3.8, 4) is 11.1 Å². The summed E-state index contributed by atoms with van der Waals surface area (Å²) >= 11 is 0. The molecule has 58 heavy (non-hydrogen) atoms. The van der Waals surface area contributed by atoms with Gasteiger partial charge in [0.1, 0.15) is 23.3 Å². The van der Waals surface area contributed by atoms with Crippen LogP contribution in [0.5, 0.6) is 0 Å². The number of piperidine rings is 1. The molecule has 0 radical (unpaired) electrons. The maximum Gasteiger partial charge on any atom is 0.410 e. The van der Waals surface area contributed by atoms with Crippen LogP contribution in [-0.2, 0) is 19.0 Å². The fourth-order valence-corrected chi connectivity index (χ4v) is 9.27. The number of ether oxygens (including phenoxy) is 3. The van der Waals surface area contributed by atoms with Crippen LogP contribution in [-0.4, -0.2) is 92.9 Å². The molecule has 13 nitrogen and oxygen atoms in total. The number of rotatable bonds is 8. The second kappa shape index (κ2) is 14.3. The molecule has 0 spiro atoms. The van der Waals surface area contributed by atoms with Crippen LogP contribution in [0.15, 0.2) is 60.7 Å². The highest BCUT2D eigenvalue weighted by atomic mass is 16.6. The number of hydrogen-bond donors (Lipinski definition) is 3. The van der Waals surface area contributed by atoms with Crippen molar-refractivity contribution in [2.45, 2.75) is 83.6 Å². The minimum Gasteiger partial charge on any atom is -0.453 e. The molecule has 2 aliphatic heterocycles. The van der Waals surface area contributed by atoms with Gasteiger partial charge in [-0.05, 0) is 98.0 Å². The first-order chi connectivity index (χ1) is 27.8. The Bertz CT molecular complexity index is 2590. The lowest BCUT2D eigenvalue weighted by Crippen LogP contribution is -2.52. The Labute approximate surface area is 336 Å². The van der Waals surface area contributed by atoms with Gasteiger partial charge in [-0.15, -0.1) is 0 Å². The number of H-pyrrole nitrogens is 2. The number of aromatic amines is 2. The quantitative estimate of drug-likeness (QED) is 0.139. The number of alkyl carbamates (subject to hydrolysis) is 1. The number of methoxy groups -OCH3 is 2. The van der Waals surface area contributed by atoms with Crippen molar-refractivity contribution in [3.05, 3.63) is 72.3 Å². The third-order valence-electron chi connectivity index (χ3n) is 12.1. The van der Waals surface area contributed by atoms with Gasteiger partial charge < -0.3 is 34.4 Å². The van der Waals surface area contributed by atoms with E-state index in [9.17, 15) is 14.4 Å². The largest absolute Gasteiger partial charge is 0.453 e. The van der Waals surface area contributed by atoms with E-state index >= 15 is 0 Å². The third kappa shape index (κ3) is 6.78. The Morgan fingerprint density at radius 3 is 1.98 bits per heavy atom. The number of carbonyl (C=O) groups excluding carboxylic acids is 3. The van der Waals surface area contributed by atoms with Crippen molar-refractivity contribution < 1.29 is 28.6 Å². The van der Waals surface area contributed by atoms with Crippen LogP contribution < -0.4 is 5.32 Å². The molecule has 3 unspecified atom stereocenters. The van der Waals surface area contributed by atoms with Crippen molar-refractivity contribution in [1.29, 1.82) is 0 Å². The van der Waals surface area contributed by atoms with Gasteiger partial charge in [0.25, 0.3) is 0 Å². The average molecular weight is 786 g/mol. The number of fused-ring (bicyclic) bond motifs is 7. The standard InChI is InChI=1S/C45H51N7O6/c1-23(2)37(50-43(54)57-7)42(53)52-34-19-29(34)20-36(52)41-47-33-15-11-28-18-26(9-13-31(28)39(33)49-41)25-8-12-30-27(17-25)10-14-32-38(30)48-40(46-32)35-16-24(22-56-6)21-51(35)44(55)58-45(3,4)5/h8-15,17-18,23-24,29,34-37H,16,19-22H2,1-7H3,(H,46,48)(H,47,49)(H,50,54)/t24?,29?,34-,35?,36+,37+/m1/s1. The van der Waals surface area contributed by atoms with Crippen molar-refractivity contribution in [3.63, 3.8) is 0 Å². The molecule has 3 amide bonds. The van der Waals surface area contributed by atoms with Gasteiger partial charge in [0.2, 0.25) is 5.91 Å². The first-order valence-electron chi connectivity index (χ1n) is 20.3. The molecule has 4 aromatic carbocycles. The summed E-state index contributed by atoms with van der Waals surface area (Å²) < 4.78 is 16.1. The van der Waals surface area contributed by atoms with Crippen LogP contribution >= 0.6 is 0 Å². The summed E-state index contributed by atoms with van der Waals surface area (Å²) in [5.74, 6) is 1.95. The summed E-state index contributed by atoms with van der Waals surface area (Å²) in [4.78, 5) is 60.3. The highest BCUT2D eigenvalue weighted by Crippen LogP contribution is 2.53. The number of amides is 3. The molecule has 13 heteroatoms. The van der Waals surface area contributed by atoms with Crippen LogP contribution in [0.4, 0.5) is 9.59 Å². The minimum atomic E-state index is -0.681. The monoisotopic (exact) mass is 785 g/mol. The molecule has 0 bridgehead atoms. The van der Waals surface area contributed by atoms with Gasteiger partial charge in [0.05, 0.1) is 47.9 Å². The highest BCUT2D eigenvalue weighted by molar-refractivity contribution is 6.07. The molecule has 3 N–H and O–H groups in total. The Hall–Kier alpha value is -5.69. The number of nitrogens with one attached hydrogen (secondary N) is 3. The number of carbonyl (C=O) groups is 3. The van der Waals surface area contributed by atoms with E-state index in [1.807, 2.05) is 51.7 Å². The zero-order valence-corrected chi connectivity index (χ0v) is 34.1. The van der Waals surface area contributed by atoms with Crippen molar-refractivity contribution in [2.75, 3.05) is 27.4 Å². The smallest absolute Gasteiger partial charge is 0.410 e. The van der Waals surface area contributed by atoms with Crippen LogP contribution in [0.1, 0.15) is 77.6 Å². The van der Waals surface area contributed by atoms with Crippen molar-refractivity contribution >= 4 is 61.7 Å².